The molecule has 3 rings (SSSR count). The third kappa shape index (κ3) is 3.11. The zero-order valence-corrected chi connectivity index (χ0v) is 13.1. The van der Waals surface area contributed by atoms with Crippen LogP contribution in [-0.4, -0.2) is 11.1 Å². The van der Waals surface area contributed by atoms with Crippen molar-refractivity contribution in [1.82, 2.24) is 0 Å². The van der Waals surface area contributed by atoms with Crippen LogP contribution < -0.4 is 10.6 Å². The van der Waals surface area contributed by atoms with Crippen molar-refractivity contribution in [2.24, 2.45) is 0 Å². The maximum atomic E-state index is 12.2. The number of phenols is 1. The van der Waals surface area contributed by atoms with Crippen molar-refractivity contribution >= 4 is 28.2 Å². The number of hydrogen-bond acceptors (Lipinski definition) is 2. The molecule has 3 aromatic rings. The molecule has 0 radical (unpaired) electrons. The minimum atomic E-state index is -0.316. The Morgan fingerprint density at radius 1 is 0.870 bits per heavy atom. The Labute approximate surface area is 134 Å². The Bertz CT molecular complexity index is 888. The third-order valence-electron chi connectivity index (χ3n) is 3.91. The first-order valence-corrected chi connectivity index (χ1v) is 7.40. The van der Waals surface area contributed by atoms with Gasteiger partial charge in [0.25, 0.3) is 0 Å². The molecule has 4 nitrogen and oxygen atoms in total. The van der Waals surface area contributed by atoms with Crippen LogP contribution in [0.3, 0.4) is 0 Å². The molecule has 0 unspecified atom stereocenters. The first-order valence-electron chi connectivity index (χ1n) is 7.40. The van der Waals surface area contributed by atoms with Crippen LogP contribution in [0, 0.1) is 13.8 Å². The molecule has 0 aromatic heterocycles. The van der Waals surface area contributed by atoms with E-state index in [9.17, 15) is 9.90 Å². The van der Waals surface area contributed by atoms with Crippen LogP contribution in [0.4, 0.5) is 16.2 Å². The molecule has 0 saturated carbocycles. The highest BCUT2D eigenvalue weighted by atomic mass is 16.3. The number of urea groups is 1. The second kappa shape index (κ2) is 6.01. The van der Waals surface area contributed by atoms with Gasteiger partial charge in [-0.2, -0.15) is 0 Å². The van der Waals surface area contributed by atoms with Crippen molar-refractivity contribution in [3.63, 3.8) is 0 Å². The maximum Gasteiger partial charge on any atom is 0.323 e. The van der Waals surface area contributed by atoms with E-state index in [4.69, 9.17) is 0 Å². The highest BCUT2D eigenvalue weighted by Crippen LogP contribution is 2.29. The van der Waals surface area contributed by atoms with Gasteiger partial charge in [0.2, 0.25) is 0 Å². The van der Waals surface area contributed by atoms with Crippen molar-refractivity contribution in [1.29, 1.82) is 0 Å². The van der Waals surface area contributed by atoms with E-state index in [1.54, 1.807) is 18.2 Å². The Balaban J connectivity index is 1.83. The number of anilines is 2. The fourth-order valence-electron chi connectivity index (χ4n) is 2.51. The molecule has 116 valence electrons. The van der Waals surface area contributed by atoms with E-state index in [2.05, 4.69) is 10.6 Å². The maximum absolute atomic E-state index is 12.2. The molecule has 0 bridgehead atoms. The SMILES string of the molecule is Cc1ccc(NC(=O)Nc2cccc3c(O)cccc23)cc1C. The molecular formula is C19H18N2O2. The average molecular weight is 306 g/mol. The van der Waals surface area contributed by atoms with E-state index < -0.39 is 0 Å². The fraction of sp³-hybridized carbons (Fsp3) is 0.105. The Kier molecular flexibility index (Phi) is 3.89. The number of hydrogen-bond donors (Lipinski definition) is 3. The third-order valence-corrected chi connectivity index (χ3v) is 3.91. The second-order valence-corrected chi connectivity index (χ2v) is 5.56. The van der Waals surface area contributed by atoms with Gasteiger partial charge < -0.3 is 15.7 Å². The van der Waals surface area contributed by atoms with Crippen LogP contribution in [0.5, 0.6) is 5.75 Å². The molecule has 0 saturated heterocycles. The fourth-order valence-corrected chi connectivity index (χ4v) is 2.51. The Morgan fingerprint density at radius 3 is 2.39 bits per heavy atom. The van der Waals surface area contributed by atoms with Crippen molar-refractivity contribution in [2.75, 3.05) is 10.6 Å². The predicted octanol–water partition coefficient (Wildman–Crippen LogP) is 4.81. The van der Waals surface area contributed by atoms with Crippen LogP contribution in [0.1, 0.15) is 11.1 Å². The van der Waals surface area contributed by atoms with Crippen LogP contribution in [0.25, 0.3) is 10.8 Å². The first-order chi connectivity index (χ1) is 11.0. The van der Waals surface area contributed by atoms with Gasteiger partial charge in [-0.25, -0.2) is 4.79 Å². The molecule has 0 atom stereocenters. The largest absolute Gasteiger partial charge is 0.507 e. The number of rotatable bonds is 2. The average Bonchev–Trinajstić information content (AvgIpc) is 2.52. The van der Waals surface area contributed by atoms with E-state index in [1.807, 2.05) is 50.2 Å². The van der Waals surface area contributed by atoms with Crippen LogP contribution in [0.15, 0.2) is 54.6 Å². The summed E-state index contributed by atoms with van der Waals surface area (Å²) in [5.74, 6) is 0.195. The molecule has 0 aliphatic carbocycles. The van der Waals surface area contributed by atoms with Gasteiger partial charge in [-0.15, -0.1) is 0 Å². The minimum Gasteiger partial charge on any atom is -0.507 e. The van der Waals surface area contributed by atoms with E-state index >= 15 is 0 Å². The van der Waals surface area contributed by atoms with E-state index in [0.717, 1.165) is 16.6 Å². The number of benzene rings is 3. The Morgan fingerprint density at radius 2 is 1.61 bits per heavy atom. The number of aromatic hydroxyl groups is 1. The number of amides is 2. The van der Waals surface area contributed by atoms with Gasteiger partial charge in [0.15, 0.2) is 0 Å². The molecule has 0 heterocycles. The molecule has 3 aromatic carbocycles. The summed E-state index contributed by atoms with van der Waals surface area (Å²) in [6.07, 6.45) is 0. The summed E-state index contributed by atoms with van der Waals surface area (Å²) in [5, 5.41) is 17.1. The molecule has 23 heavy (non-hydrogen) atoms. The van der Waals surface area contributed by atoms with E-state index in [0.29, 0.717) is 11.1 Å². The van der Waals surface area contributed by atoms with Crippen molar-refractivity contribution in [2.45, 2.75) is 13.8 Å². The van der Waals surface area contributed by atoms with Crippen molar-refractivity contribution in [3.05, 3.63) is 65.7 Å². The molecule has 0 aliphatic rings. The molecule has 3 N–H and O–H groups in total. The van der Waals surface area contributed by atoms with Gasteiger partial charge in [0.1, 0.15) is 5.75 Å². The van der Waals surface area contributed by atoms with Crippen LogP contribution in [-0.2, 0) is 0 Å². The molecule has 0 fully saturated rings. The number of fused-ring (bicyclic) bond motifs is 1. The highest BCUT2D eigenvalue weighted by molar-refractivity contribution is 6.07. The quantitative estimate of drug-likeness (QED) is 0.636. The van der Waals surface area contributed by atoms with Gasteiger partial charge in [0, 0.05) is 16.5 Å². The lowest BCUT2D eigenvalue weighted by atomic mass is 10.1. The molecule has 0 spiro atoms. The number of carbonyl (C=O) groups excluding carboxylic acids is 1. The summed E-state index contributed by atoms with van der Waals surface area (Å²) in [7, 11) is 0. The first kappa shape index (κ1) is 14.9. The summed E-state index contributed by atoms with van der Waals surface area (Å²) in [4.78, 5) is 12.2. The lowest BCUT2D eigenvalue weighted by Crippen LogP contribution is -2.19. The number of phenolic OH excluding ortho intramolecular Hbond substituents is 1. The summed E-state index contributed by atoms with van der Waals surface area (Å²) in [5.41, 5.74) is 3.70. The zero-order valence-electron chi connectivity index (χ0n) is 13.1. The smallest absolute Gasteiger partial charge is 0.323 e. The molecule has 0 aliphatic heterocycles. The second-order valence-electron chi connectivity index (χ2n) is 5.56. The number of carbonyl (C=O) groups is 1. The lowest BCUT2D eigenvalue weighted by Gasteiger charge is -2.11. The van der Waals surface area contributed by atoms with Gasteiger partial charge in [0.05, 0.1) is 5.69 Å². The van der Waals surface area contributed by atoms with Crippen molar-refractivity contribution < 1.29 is 9.90 Å². The lowest BCUT2D eigenvalue weighted by molar-refractivity contribution is 0.262. The summed E-state index contributed by atoms with van der Waals surface area (Å²) >= 11 is 0. The predicted molar refractivity (Wildman–Crippen MR) is 94.2 cm³/mol. The monoisotopic (exact) mass is 306 g/mol. The molecular weight excluding hydrogens is 288 g/mol. The summed E-state index contributed by atoms with van der Waals surface area (Å²) < 4.78 is 0. The van der Waals surface area contributed by atoms with Gasteiger partial charge in [-0.1, -0.05) is 30.3 Å². The van der Waals surface area contributed by atoms with Gasteiger partial charge in [-0.3, -0.25) is 0 Å². The summed E-state index contributed by atoms with van der Waals surface area (Å²) in [6.45, 7) is 4.04. The minimum absolute atomic E-state index is 0.195. The molecule has 2 amide bonds. The number of aryl methyl sites for hydroxylation is 2. The standard InChI is InChI=1S/C19H18N2O2/c1-12-9-10-14(11-13(12)2)20-19(23)21-17-7-3-6-16-15(17)5-4-8-18(16)22/h3-11,22H,1-2H3,(H2,20,21,23). The van der Waals surface area contributed by atoms with Gasteiger partial charge in [-0.05, 0) is 49.2 Å². The van der Waals surface area contributed by atoms with E-state index in [1.165, 1.54) is 5.56 Å². The zero-order chi connectivity index (χ0) is 16.4. The number of nitrogens with one attached hydrogen (secondary N) is 2. The van der Waals surface area contributed by atoms with Crippen LogP contribution >= 0.6 is 0 Å². The van der Waals surface area contributed by atoms with E-state index in [-0.39, 0.29) is 11.8 Å². The Hall–Kier alpha value is -3.01. The topological polar surface area (TPSA) is 61.4 Å². The van der Waals surface area contributed by atoms with Crippen molar-refractivity contribution in [3.8, 4) is 5.75 Å². The van der Waals surface area contributed by atoms with Gasteiger partial charge >= 0.3 is 6.03 Å². The summed E-state index contributed by atoms with van der Waals surface area (Å²) in [6, 6.07) is 16.1. The van der Waals surface area contributed by atoms with Crippen LogP contribution in [0.2, 0.25) is 0 Å². The normalized spacial score (nSPS) is 10.5. The highest BCUT2D eigenvalue weighted by Gasteiger charge is 2.08. The molecule has 4 heteroatoms.